The molecule has 0 atom stereocenters. The number of aliphatic hydroxyl groups is 1. The monoisotopic (exact) mass is 446 g/mol. The molecular formula is C20H19ClN4O4S. The van der Waals surface area contributed by atoms with Gasteiger partial charge in [0.15, 0.2) is 23.3 Å². The Hall–Kier alpha value is -2.88. The van der Waals surface area contributed by atoms with Crippen molar-refractivity contribution in [2.24, 2.45) is 0 Å². The van der Waals surface area contributed by atoms with E-state index in [1.54, 1.807) is 13.0 Å². The summed E-state index contributed by atoms with van der Waals surface area (Å²) in [4.78, 5) is 36.9. The second-order valence-electron chi connectivity index (χ2n) is 6.41. The molecule has 0 spiro atoms. The van der Waals surface area contributed by atoms with Crippen molar-refractivity contribution in [1.82, 2.24) is 15.0 Å². The SMILES string of the molecule is Cc1nc(Nc2ncc(C(=O)Cc3c(C)cccc3Cl)s2)cc(OCC(=O)CO)n1. The van der Waals surface area contributed by atoms with Gasteiger partial charge in [-0.1, -0.05) is 35.1 Å². The third-order valence-corrected chi connectivity index (χ3v) is 5.39. The molecule has 2 N–H and O–H groups in total. The standard InChI is InChI=1S/C20H19ClN4O4S/c1-11-4-3-5-15(21)14(11)6-16(28)17-8-22-20(30-17)25-18-7-19(24-12(2)23-18)29-10-13(27)9-26/h3-5,7-8,26H,6,9-10H2,1-2H3,(H,22,23,24,25). The van der Waals surface area contributed by atoms with Crippen LogP contribution in [0, 0.1) is 13.8 Å². The number of carbonyl (C=O) groups is 2. The average Bonchev–Trinajstić information content (AvgIpc) is 3.17. The van der Waals surface area contributed by atoms with Gasteiger partial charge in [-0.2, -0.15) is 4.98 Å². The van der Waals surface area contributed by atoms with Crippen LogP contribution in [0.25, 0.3) is 0 Å². The van der Waals surface area contributed by atoms with Crippen LogP contribution in [0.15, 0.2) is 30.5 Å². The molecule has 3 aromatic rings. The summed E-state index contributed by atoms with van der Waals surface area (Å²) >= 11 is 7.42. The lowest BCUT2D eigenvalue weighted by atomic mass is 10.0. The third-order valence-electron chi connectivity index (χ3n) is 4.08. The normalized spacial score (nSPS) is 10.7. The maximum atomic E-state index is 12.7. The predicted octanol–water partition coefficient (Wildman–Crippen LogP) is 3.31. The maximum Gasteiger partial charge on any atom is 0.219 e. The number of ketones is 2. The molecular weight excluding hydrogens is 428 g/mol. The van der Waals surface area contributed by atoms with Crippen LogP contribution in [-0.4, -0.2) is 44.8 Å². The van der Waals surface area contributed by atoms with Crippen molar-refractivity contribution in [3.05, 3.63) is 57.3 Å². The van der Waals surface area contributed by atoms with Gasteiger partial charge in [0.25, 0.3) is 0 Å². The van der Waals surface area contributed by atoms with Gasteiger partial charge in [0.1, 0.15) is 18.2 Å². The first-order valence-corrected chi connectivity index (χ1v) is 10.2. The van der Waals surface area contributed by atoms with Crippen molar-refractivity contribution in [1.29, 1.82) is 0 Å². The van der Waals surface area contributed by atoms with Crippen LogP contribution in [0.3, 0.4) is 0 Å². The second-order valence-corrected chi connectivity index (χ2v) is 7.85. The largest absolute Gasteiger partial charge is 0.469 e. The van der Waals surface area contributed by atoms with Crippen LogP contribution in [-0.2, 0) is 11.2 Å². The number of aliphatic hydroxyl groups excluding tert-OH is 1. The van der Waals surface area contributed by atoms with Crippen molar-refractivity contribution >= 4 is 45.5 Å². The molecule has 156 valence electrons. The molecule has 2 aromatic heterocycles. The van der Waals surface area contributed by atoms with E-state index in [1.807, 2.05) is 19.1 Å². The first-order valence-electron chi connectivity index (χ1n) is 8.96. The van der Waals surface area contributed by atoms with Gasteiger partial charge in [0.2, 0.25) is 5.88 Å². The van der Waals surface area contributed by atoms with Gasteiger partial charge >= 0.3 is 0 Å². The first kappa shape index (κ1) is 21.8. The van der Waals surface area contributed by atoms with E-state index in [-0.39, 0.29) is 24.7 Å². The van der Waals surface area contributed by atoms with Crippen molar-refractivity contribution in [3.8, 4) is 5.88 Å². The minimum Gasteiger partial charge on any atom is -0.469 e. The van der Waals surface area contributed by atoms with Crippen molar-refractivity contribution in [3.63, 3.8) is 0 Å². The van der Waals surface area contributed by atoms with Crippen molar-refractivity contribution in [2.75, 3.05) is 18.5 Å². The lowest BCUT2D eigenvalue weighted by molar-refractivity contribution is -0.123. The Morgan fingerprint density at radius 2 is 2.07 bits per heavy atom. The molecule has 0 aliphatic rings. The van der Waals surface area contributed by atoms with Crippen LogP contribution in [0.4, 0.5) is 10.9 Å². The second kappa shape index (κ2) is 9.75. The number of nitrogens with zero attached hydrogens (tertiary/aromatic N) is 3. The summed E-state index contributed by atoms with van der Waals surface area (Å²) in [5, 5.41) is 12.8. The highest BCUT2D eigenvalue weighted by Crippen LogP contribution is 2.26. The molecule has 0 aliphatic carbocycles. The molecule has 3 rings (SSSR count). The van der Waals surface area contributed by atoms with E-state index in [4.69, 9.17) is 21.4 Å². The third kappa shape index (κ3) is 5.59. The Kier molecular flexibility index (Phi) is 7.09. The Labute approximate surface area is 181 Å². The van der Waals surface area contributed by atoms with E-state index in [9.17, 15) is 9.59 Å². The van der Waals surface area contributed by atoms with E-state index in [2.05, 4.69) is 20.3 Å². The molecule has 8 nitrogen and oxygen atoms in total. The van der Waals surface area contributed by atoms with Crippen LogP contribution in [0.5, 0.6) is 5.88 Å². The van der Waals surface area contributed by atoms with Crippen LogP contribution >= 0.6 is 22.9 Å². The summed E-state index contributed by atoms with van der Waals surface area (Å²) in [6.45, 7) is 2.70. The number of aromatic nitrogens is 3. The maximum absolute atomic E-state index is 12.7. The highest BCUT2D eigenvalue weighted by Gasteiger charge is 2.15. The highest BCUT2D eigenvalue weighted by atomic mass is 35.5. The molecule has 0 aliphatic heterocycles. The number of thiazole rings is 1. The van der Waals surface area contributed by atoms with E-state index < -0.39 is 12.4 Å². The van der Waals surface area contributed by atoms with Crippen LogP contribution in [0.1, 0.15) is 26.6 Å². The smallest absolute Gasteiger partial charge is 0.219 e. The first-order chi connectivity index (χ1) is 14.4. The number of hydrogen-bond acceptors (Lipinski definition) is 9. The molecule has 0 fully saturated rings. The highest BCUT2D eigenvalue weighted by molar-refractivity contribution is 7.17. The quantitative estimate of drug-likeness (QED) is 0.481. The number of anilines is 2. The Balaban J connectivity index is 1.70. The topological polar surface area (TPSA) is 114 Å². The minimum atomic E-state index is -0.598. The summed E-state index contributed by atoms with van der Waals surface area (Å²) in [5.41, 5.74) is 1.76. The van der Waals surface area contributed by atoms with E-state index >= 15 is 0 Å². The lowest BCUT2D eigenvalue weighted by Gasteiger charge is -2.07. The van der Waals surface area contributed by atoms with E-state index in [0.717, 1.165) is 11.1 Å². The molecule has 1 aromatic carbocycles. The Morgan fingerprint density at radius 3 is 2.80 bits per heavy atom. The number of halogens is 1. The average molecular weight is 447 g/mol. The molecule has 2 heterocycles. The number of Topliss-reactive ketones (excluding diaryl/α,β-unsaturated/α-hetero) is 2. The van der Waals surface area contributed by atoms with E-state index in [0.29, 0.717) is 26.7 Å². The number of benzene rings is 1. The summed E-state index contributed by atoms with van der Waals surface area (Å²) in [6.07, 6.45) is 1.70. The van der Waals surface area contributed by atoms with Crippen LogP contribution < -0.4 is 10.1 Å². The van der Waals surface area contributed by atoms with Crippen molar-refractivity contribution < 1.29 is 19.4 Å². The number of ether oxygens (including phenoxy) is 1. The molecule has 0 amide bonds. The Morgan fingerprint density at radius 1 is 1.27 bits per heavy atom. The van der Waals surface area contributed by atoms with Gasteiger partial charge in [-0.3, -0.25) is 9.59 Å². The fourth-order valence-electron chi connectivity index (χ4n) is 2.59. The summed E-state index contributed by atoms with van der Waals surface area (Å²) in [7, 11) is 0. The molecule has 0 saturated heterocycles. The molecule has 0 saturated carbocycles. The number of carbonyl (C=O) groups excluding carboxylic acids is 2. The van der Waals surface area contributed by atoms with E-state index in [1.165, 1.54) is 23.6 Å². The minimum absolute atomic E-state index is 0.0813. The number of nitrogens with one attached hydrogen (secondary N) is 1. The fraction of sp³-hybridized carbons (Fsp3) is 0.250. The van der Waals surface area contributed by atoms with Gasteiger partial charge in [0.05, 0.1) is 11.1 Å². The van der Waals surface area contributed by atoms with Gasteiger partial charge in [-0.15, -0.1) is 0 Å². The van der Waals surface area contributed by atoms with Crippen molar-refractivity contribution in [2.45, 2.75) is 20.3 Å². The van der Waals surface area contributed by atoms with Gasteiger partial charge in [-0.25, -0.2) is 9.97 Å². The van der Waals surface area contributed by atoms with Crippen LogP contribution in [0.2, 0.25) is 5.02 Å². The van der Waals surface area contributed by atoms with Gasteiger partial charge in [0, 0.05) is 17.5 Å². The number of rotatable bonds is 9. The van der Waals surface area contributed by atoms with Gasteiger partial charge in [-0.05, 0) is 31.0 Å². The molecule has 30 heavy (non-hydrogen) atoms. The molecule has 10 heteroatoms. The zero-order valence-electron chi connectivity index (χ0n) is 16.3. The summed E-state index contributed by atoms with van der Waals surface area (Å²) in [5.74, 6) is 0.478. The fourth-order valence-corrected chi connectivity index (χ4v) is 3.64. The summed E-state index contributed by atoms with van der Waals surface area (Å²) < 4.78 is 5.27. The zero-order chi connectivity index (χ0) is 21.7. The zero-order valence-corrected chi connectivity index (χ0v) is 17.9. The lowest BCUT2D eigenvalue weighted by Crippen LogP contribution is -2.15. The molecule has 0 bridgehead atoms. The Bertz CT molecular complexity index is 1070. The molecule has 0 radical (unpaired) electrons. The van der Waals surface area contributed by atoms with Gasteiger partial charge < -0.3 is 15.2 Å². The predicted molar refractivity (Wildman–Crippen MR) is 114 cm³/mol. The summed E-state index contributed by atoms with van der Waals surface area (Å²) in [6, 6.07) is 7.04. The number of aryl methyl sites for hydroxylation is 2. The molecule has 0 unspecified atom stereocenters. The number of hydrogen-bond donors (Lipinski definition) is 2.